The fraction of sp³-hybridized carbons (Fsp3) is 0.700. The number of anilines is 1. The lowest BCUT2D eigenvalue weighted by atomic mass is 10.4. The van der Waals surface area contributed by atoms with E-state index >= 15 is 0 Å². The molecule has 1 aromatic rings. The zero-order chi connectivity index (χ0) is 14.8. The van der Waals surface area contributed by atoms with E-state index in [-0.39, 0.29) is 11.8 Å². The summed E-state index contributed by atoms with van der Waals surface area (Å²) in [7, 11) is -3.17. The maximum absolute atomic E-state index is 12.0. The van der Waals surface area contributed by atoms with Crippen molar-refractivity contribution in [3.63, 3.8) is 0 Å². The van der Waals surface area contributed by atoms with Gasteiger partial charge in [0.05, 0.1) is 5.75 Å². The van der Waals surface area contributed by atoms with E-state index in [0.717, 1.165) is 5.01 Å². The molecule has 0 aromatic carbocycles. The van der Waals surface area contributed by atoms with Crippen molar-refractivity contribution in [1.82, 2.24) is 19.4 Å². The highest BCUT2D eigenvalue weighted by Crippen LogP contribution is 2.15. The third-order valence-corrected chi connectivity index (χ3v) is 5.66. The van der Waals surface area contributed by atoms with Gasteiger partial charge >= 0.3 is 6.03 Å². The van der Waals surface area contributed by atoms with Crippen LogP contribution in [0.25, 0.3) is 0 Å². The molecule has 2 amide bonds. The van der Waals surface area contributed by atoms with E-state index in [1.165, 1.54) is 15.6 Å². The van der Waals surface area contributed by atoms with Crippen molar-refractivity contribution in [1.29, 1.82) is 0 Å². The Kier molecular flexibility index (Phi) is 4.55. The Morgan fingerprint density at radius 1 is 1.30 bits per heavy atom. The molecule has 0 saturated carbocycles. The van der Waals surface area contributed by atoms with Gasteiger partial charge in [-0.15, -0.1) is 10.2 Å². The summed E-state index contributed by atoms with van der Waals surface area (Å²) >= 11 is 1.30. The fourth-order valence-corrected chi connectivity index (χ4v) is 3.54. The van der Waals surface area contributed by atoms with Crippen LogP contribution in [0.3, 0.4) is 0 Å². The topological polar surface area (TPSA) is 95.5 Å². The number of carbonyl (C=O) groups excluding carboxylic acids is 1. The van der Waals surface area contributed by atoms with Gasteiger partial charge in [-0.3, -0.25) is 5.32 Å². The van der Waals surface area contributed by atoms with Gasteiger partial charge in [0.2, 0.25) is 15.2 Å². The number of aryl methyl sites for hydroxylation is 1. The second-order valence-electron chi connectivity index (χ2n) is 4.34. The minimum Gasteiger partial charge on any atom is -0.322 e. The van der Waals surface area contributed by atoms with Gasteiger partial charge in [0.1, 0.15) is 5.01 Å². The Labute approximate surface area is 121 Å². The molecule has 0 atom stereocenters. The standard InChI is InChI=1S/C10H17N5O3S2/c1-3-20(17,18)15-6-4-14(5-7-15)10(16)11-9-13-12-8(2)19-9/h3-7H2,1-2H3,(H,11,13,16). The van der Waals surface area contributed by atoms with Crippen LogP contribution < -0.4 is 5.32 Å². The number of sulfonamides is 1. The molecule has 8 nitrogen and oxygen atoms in total. The third kappa shape index (κ3) is 3.44. The Morgan fingerprint density at radius 2 is 1.95 bits per heavy atom. The van der Waals surface area contributed by atoms with E-state index in [2.05, 4.69) is 15.5 Å². The Morgan fingerprint density at radius 3 is 2.45 bits per heavy atom. The van der Waals surface area contributed by atoms with Crippen LogP contribution in [-0.2, 0) is 10.0 Å². The molecule has 10 heteroatoms. The molecule has 2 heterocycles. The van der Waals surface area contributed by atoms with Crippen LogP contribution in [0.15, 0.2) is 0 Å². The van der Waals surface area contributed by atoms with Gasteiger partial charge in [0, 0.05) is 26.2 Å². The minimum atomic E-state index is -3.17. The number of hydrogen-bond donors (Lipinski definition) is 1. The van der Waals surface area contributed by atoms with Crippen molar-refractivity contribution in [2.45, 2.75) is 13.8 Å². The number of piperazine rings is 1. The summed E-state index contributed by atoms with van der Waals surface area (Å²) in [6.07, 6.45) is 0. The normalized spacial score (nSPS) is 17.2. The number of nitrogens with zero attached hydrogens (tertiary/aromatic N) is 4. The molecule has 0 bridgehead atoms. The van der Waals surface area contributed by atoms with Gasteiger partial charge in [-0.25, -0.2) is 13.2 Å². The van der Waals surface area contributed by atoms with Crippen LogP contribution in [0.1, 0.15) is 11.9 Å². The van der Waals surface area contributed by atoms with Crippen molar-refractivity contribution < 1.29 is 13.2 Å². The van der Waals surface area contributed by atoms with E-state index in [9.17, 15) is 13.2 Å². The summed E-state index contributed by atoms with van der Waals surface area (Å²) < 4.78 is 24.9. The summed E-state index contributed by atoms with van der Waals surface area (Å²) in [5.74, 6) is 0.0866. The summed E-state index contributed by atoms with van der Waals surface area (Å²) in [6.45, 7) is 4.84. The summed E-state index contributed by atoms with van der Waals surface area (Å²) in [5, 5.41) is 11.5. The Hall–Kier alpha value is -1.26. The molecule has 1 saturated heterocycles. The molecule has 1 aromatic heterocycles. The second-order valence-corrected chi connectivity index (χ2v) is 7.78. The first-order chi connectivity index (χ1) is 9.42. The number of hydrogen-bond acceptors (Lipinski definition) is 6. The van der Waals surface area contributed by atoms with Crippen LogP contribution >= 0.6 is 11.3 Å². The Balaban J connectivity index is 1.89. The monoisotopic (exact) mass is 319 g/mol. The molecule has 0 aliphatic carbocycles. The van der Waals surface area contributed by atoms with Crippen molar-refractivity contribution in [2.75, 3.05) is 37.2 Å². The lowest BCUT2D eigenvalue weighted by Gasteiger charge is -2.33. The number of urea groups is 1. The first-order valence-corrected chi connectivity index (χ1v) is 8.69. The first kappa shape index (κ1) is 15.1. The molecule has 0 radical (unpaired) electrons. The Bertz CT molecular complexity index is 577. The number of aromatic nitrogens is 2. The van der Waals surface area contributed by atoms with Crippen LogP contribution in [-0.4, -0.2) is 65.8 Å². The maximum atomic E-state index is 12.0. The quantitative estimate of drug-likeness (QED) is 0.867. The molecule has 1 aliphatic heterocycles. The van der Waals surface area contributed by atoms with E-state index in [4.69, 9.17) is 0 Å². The van der Waals surface area contributed by atoms with Crippen LogP contribution in [0, 0.1) is 6.92 Å². The molecule has 112 valence electrons. The largest absolute Gasteiger partial charge is 0.323 e. The molecule has 1 N–H and O–H groups in total. The van der Waals surface area contributed by atoms with Gasteiger partial charge in [0.25, 0.3) is 0 Å². The molecule has 2 rings (SSSR count). The zero-order valence-electron chi connectivity index (χ0n) is 11.4. The molecule has 1 aliphatic rings. The average molecular weight is 319 g/mol. The second kappa shape index (κ2) is 6.02. The zero-order valence-corrected chi connectivity index (χ0v) is 13.0. The van der Waals surface area contributed by atoms with Crippen molar-refractivity contribution >= 4 is 32.5 Å². The number of nitrogens with one attached hydrogen (secondary N) is 1. The smallest absolute Gasteiger partial charge is 0.322 e. The lowest BCUT2D eigenvalue weighted by molar-refractivity contribution is 0.184. The number of amides is 2. The van der Waals surface area contributed by atoms with Gasteiger partial charge in [-0.05, 0) is 13.8 Å². The molecule has 1 fully saturated rings. The van der Waals surface area contributed by atoms with E-state index in [0.29, 0.717) is 31.3 Å². The summed E-state index contributed by atoms with van der Waals surface area (Å²) in [5.41, 5.74) is 0. The average Bonchev–Trinajstić information content (AvgIpc) is 2.84. The molecule has 0 unspecified atom stereocenters. The highest BCUT2D eigenvalue weighted by Gasteiger charge is 2.27. The van der Waals surface area contributed by atoms with Crippen molar-refractivity contribution in [3.8, 4) is 0 Å². The van der Waals surface area contributed by atoms with Crippen LogP contribution in [0.5, 0.6) is 0 Å². The number of rotatable bonds is 3. The van der Waals surface area contributed by atoms with Gasteiger partial charge in [-0.1, -0.05) is 11.3 Å². The molecule has 20 heavy (non-hydrogen) atoms. The number of carbonyl (C=O) groups is 1. The molecular formula is C10H17N5O3S2. The van der Waals surface area contributed by atoms with Crippen LogP contribution in [0.4, 0.5) is 9.93 Å². The van der Waals surface area contributed by atoms with Gasteiger partial charge < -0.3 is 4.90 Å². The molecular weight excluding hydrogens is 302 g/mol. The van der Waals surface area contributed by atoms with Crippen LogP contribution in [0.2, 0.25) is 0 Å². The highest BCUT2D eigenvalue weighted by molar-refractivity contribution is 7.89. The van der Waals surface area contributed by atoms with E-state index in [1.807, 2.05) is 6.92 Å². The fourth-order valence-electron chi connectivity index (χ4n) is 1.87. The van der Waals surface area contributed by atoms with Crippen molar-refractivity contribution in [2.24, 2.45) is 0 Å². The first-order valence-electron chi connectivity index (χ1n) is 6.26. The minimum absolute atomic E-state index is 0.0866. The summed E-state index contributed by atoms with van der Waals surface area (Å²) in [4.78, 5) is 13.6. The highest BCUT2D eigenvalue weighted by atomic mass is 32.2. The van der Waals surface area contributed by atoms with Crippen molar-refractivity contribution in [3.05, 3.63) is 5.01 Å². The SMILES string of the molecule is CCS(=O)(=O)N1CCN(C(=O)Nc2nnc(C)s2)CC1. The summed E-state index contributed by atoms with van der Waals surface area (Å²) in [6, 6.07) is -0.269. The third-order valence-electron chi connectivity index (χ3n) is 3.02. The molecule has 0 spiro atoms. The van der Waals surface area contributed by atoms with Gasteiger partial charge in [-0.2, -0.15) is 4.31 Å². The van der Waals surface area contributed by atoms with E-state index in [1.54, 1.807) is 11.8 Å². The lowest BCUT2D eigenvalue weighted by Crippen LogP contribution is -2.51. The predicted octanol–water partition coefficient (Wildman–Crippen LogP) is 0.346. The van der Waals surface area contributed by atoms with Gasteiger partial charge in [0.15, 0.2) is 0 Å². The van der Waals surface area contributed by atoms with E-state index < -0.39 is 10.0 Å². The predicted molar refractivity (Wildman–Crippen MR) is 76.3 cm³/mol. The maximum Gasteiger partial charge on any atom is 0.323 e.